The van der Waals surface area contributed by atoms with E-state index in [-0.39, 0.29) is 12.0 Å². The Labute approximate surface area is 159 Å². The highest BCUT2D eigenvalue weighted by atomic mass is 16.5. The minimum atomic E-state index is -0.662. The van der Waals surface area contributed by atoms with Gasteiger partial charge in [-0.05, 0) is 56.2 Å². The van der Waals surface area contributed by atoms with Crippen molar-refractivity contribution in [1.29, 1.82) is 0 Å². The maximum atomic E-state index is 12.5. The molecule has 1 saturated heterocycles. The van der Waals surface area contributed by atoms with Gasteiger partial charge in [0.1, 0.15) is 23.9 Å². The van der Waals surface area contributed by atoms with Crippen LogP contribution in [0, 0.1) is 0 Å². The normalized spacial score (nSPS) is 17.2. The first-order valence-electron chi connectivity index (χ1n) is 9.10. The number of amides is 1. The number of nitrogens with one attached hydrogen (secondary N) is 1. The highest BCUT2D eigenvalue weighted by Gasteiger charge is 2.19. The molecule has 2 aromatic rings. The van der Waals surface area contributed by atoms with Crippen LogP contribution in [0.1, 0.15) is 19.8 Å². The van der Waals surface area contributed by atoms with Gasteiger partial charge in [-0.15, -0.1) is 0 Å². The van der Waals surface area contributed by atoms with Crippen molar-refractivity contribution < 1.29 is 23.7 Å². The van der Waals surface area contributed by atoms with Gasteiger partial charge in [-0.2, -0.15) is 0 Å². The van der Waals surface area contributed by atoms with Crippen LogP contribution in [0.2, 0.25) is 0 Å². The summed E-state index contributed by atoms with van der Waals surface area (Å²) >= 11 is 0. The third kappa shape index (κ3) is 5.37. The molecule has 1 amide bonds. The van der Waals surface area contributed by atoms with Gasteiger partial charge in [-0.25, -0.2) is 0 Å². The molecule has 0 bridgehead atoms. The quantitative estimate of drug-likeness (QED) is 0.767. The van der Waals surface area contributed by atoms with Crippen molar-refractivity contribution in [3.05, 3.63) is 48.5 Å². The van der Waals surface area contributed by atoms with Gasteiger partial charge in [0.2, 0.25) is 0 Å². The Kier molecular flexibility index (Phi) is 6.54. The lowest BCUT2D eigenvalue weighted by atomic mass is 10.2. The topological polar surface area (TPSA) is 66.0 Å². The number of para-hydroxylation sites is 2. The predicted octanol–water partition coefficient (Wildman–Crippen LogP) is 3.66. The van der Waals surface area contributed by atoms with Gasteiger partial charge in [-0.1, -0.05) is 12.1 Å². The average molecular weight is 371 g/mol. The first-order valence-corrected chi connectivity index (χ1v) is 9.10. The number of carbonyl (C=O) groups is 1. The molecule has 6 heteroatoms. The number of carbonyl (C=O) groups excluding carboxylic acids is 1. The van der Waals surface area contributed by atoms with Crippen molar-refractivity contribution in [1.82, 2.24) is 0 Å². The van der Waals surface area contributed by atoms with Gasteiger partial charge in [0.15, 0.2) is 6.10 Å². The van der Waals surface area contributed by atoms with E-state index >= 15 is 0 Å². The third-order valence-electron chi connectivity index (χ3n) is 4.34. The Bertz CT molecular complexity index is 740. The van der Waals surface area contributed by atoms with Gasteiger partial charge >= 0.3 is 0 Å². The van der Waals surface area contributed by atoms with Crippen LogP contribution < -0.4 is 19.5 Å². The number of benzene rings is 2. The molecule has 1 heterocycles. The molecule has 1 aliphatic rings. The molecule has 2 aromatic carbocycles. The van der Waals surface area contributed by atoms with Crippen molar-refractivity contribution in [2.24, 2.45) is 0 Å². The number of anilines is 1. The van der Waals surface area contributed by atoms with Gasteiger partial charge in [-0.3, -0.25) is 4.79 Å². The van der Waals surface area contributed by atoms with Crippen molar-refractivity contribution in [3.63, 3.8) is 0 Å². The minimum Gasteiger partial charge on any atom is -0.497 e. The summed E-state index contributed by atoms with van der Waals surface area (Å²) in [6, 6.07) is 14.5. The molecule has 144 valence electrons. The molecule has 0 aliphatic carbocycles. The molecule has 1 fully saturated rings. The number of ether oxygens (including phenoxy) is 4. The molecule has 0 unspecified atom stereocenters. The Balaban J connectivity index is 1.57. The maximum Gasteiger partial charge on any atom is 0.265 e. The fraction of sp³-hybridized carbons (Fsp3) is 0.381. The summed E-state index contributed by atoms with van der Waals surface area (Å²) in [5.74, 6) is 1.70. The van der Waals surface area contributed by atoms with Crippen molar-refractivity contribution in [2.75, 3.05) is 25.6 Å². The maximum absolute atomic E-state index is 12.5. The van der Waals surface area contributed by atoms with Gasteiger partial charge < -0.3 is 24.3 Å². The minimum absolute atomic E-state index is 0.117. The van der Waals surface area contributed by atoms with Crippen LogP contribution >= 0.6 is 0 Å². The van der Waals surface area contributed by atoms with E-state index < -0.39 is 6.10 Å². The molecule has 0 saturated carbocycles. The Morgan fingerprint density at radius 2 is 1.93 bits per heavy atom. The number of hydrogen-bond acceptors (Lipinski definition) is 5. The number of rotatable bonds is 8. The molecule has 0 spiro atoms. The van der Waals surface area contributed by atoms with Gasteiger partial charge in [0.05, 0.1) is 18.9 Å². The summed E-state index contributed by atoms with van der Waals surface area (Å²) in [5.41, 5.74) is 0.616. The zero-order chi connectivity index (χ0) is 19.1. The Hall–Kier alpha value is -2.73. The molecule has 3 rings (SSSR count). The molecule has 0 aromatic heterocycles. The summed E-state index contributed by atoms with van der Waals surface area (Å²) < 4.78 is 22.2. The highest BCUT2D eigenvalue weighted by molar-refractivity contribution is 5.95. The van der Waals surface area contributed by atoms with Crippen molar-refractivity contribution in [2.45, 2.75) is 32.0 Å². The highest BCUT2D eigenvalue weighted by Crippen LogP contribution is 2.26. The summed E-state index contributed by atoms with van der Waals surface area (Å²) in [7, 11) is 1.60. The second-order valence-corrected chi connectivity index (χ2v) is 6.37. The first kappa shape index (κ1) is 19.0. The van der Waals surface area contributed by atoms with Crippen LogP contribution in [-0.4, -0.2) is 38.4 Å². The summed E-state index contributed by atoms with van der Waals surface area (Å²) in [6.45, 7) is 2.97. The van der Waals surface area contributed by atoms with E-state index in [9.17, 15) is 4.79 Å². The standard InChI is InChI=1S/C21H25NO5/c1-15(27-17-11-9-16(24-2)10-12-17)21(23)22-19-7-3-4-8-20(19)26-14-18-6-5-13-25-18/h3-4,7-12,15,18H,5-6,13-14H2,1-2H3,(H,22,23)/t15-,18-/m1/s1. The van der Waals surface area contributed by atoms with Crippen LogP contribution in [0.5, 0.6) is 17.2 Å². The van der Waals surface area contributed by atoms with Gasteiger partial charge in [0.25, 0.3) is 5.91 Å². The first-order chi connectivity index (χ1) is 13.2. The second kappa shape index (κ2) is 9.28. The van der Waals surface area contributed by atoms with Crippen LogP contribution in [0.4, 0.5) is 5.69 Å². The molecular formula is C21H25NO5. The fourth-order valence-corrected chi connectivity index (χ4v) is 2.80. The zero-order valence-corrected chi connectivity index (χ0v) is 15.6. The summed E-state index contributed by atoms with van der Waals surface area (Å²) in [4.78, 5) is 12.5. The lowest BCUT2D eigenvalue weighted by Crippen LogP contribution is -2.30. The second-order valence-electron chi connectivity index (χ2n) is 6.37. The SMILES string of the molecule is COc1ccc(O[C@H](C)C(=O)Nc2ccccc2OC[C@H]2CCCO2)cc1. The summed E-state index contributed by atoms with van der Waals surface area (Å²) in [6.07, 6.45) is 1.52. The summed E-state index contributed by atoms with van der Waals surface area (Å²) in [5, 5.41) is 2.87. The molecule has 1 N–H and O–H groups in total. The Morgan fingerprint density at radius 3 is 2.63 bits per heavy atom. The van der Waals surface area contributed by atoms with E-state index in [1.54, 1.807) is 38.3 Å². The van der Waals surface area contributed by atoms with Crippen LogP contribution in [0.3, 0.4) is 0 Å². The van der Waals surface area contributed by atoms with Crippen molar-refractivity contribution >= 4 is 11.6 Å². The molecule has 0 radical (unpaired) electrons. The molecular weight excluding hydrogens is 346 g/mol. The Morgan fingerprint density at radius 1 is 1.19 bits per heavy atom. The molecule has 27 heavy (non-hydrogen) atoms. The lowest BCUT2D eigenvalue weighted by Gasteiger charge is -2.18. The van der Waals surface area contributed by atoms with E-state index in [4.69, 9.17) is 18.9 Å². The van der Waals surface area contributed by atoms with E-state index in [0.717, 1.165) is 25.2 Å². The van der Waals surface area contributed by atoms with E-state index in [1.807, 2.05) is 24.3 Å². The predicted molar refractivity (Wildman–Crippen MR) is 103 cm³/mol. The number of methoxy groups -OCH3 is 1. The van der Waals surface area contributed by atoms with Crippen molar-refractivity contribution in [3.8, 4) is 17.2 Å². The van der Waals surface area contributed by atoms with E-state index in [1.165, 1.54) is 0 Å². The average Bonchev–Trinajstić information content (AvgIpc) is 3.21. The molecule has 2 atom stereocenters. The number of hydrogen-bond donors (Lipinski definition) is 1. The monoisotopic (exact) mass is 371 g/mol. The molecule has 1 aliphatic heterocycles. The van der Waals surface area contributed by atoms with Crippen LogP contribution in [-0.2, 0) is 9.53 Å². The third-order valence-corrected chi connectivity index (χ3v) is 4.34. The lowest BCUT2D eigenvalue weighted by molar-refractivity contribution is -0.122. The smallest absolute Gasteiger partial charge is 0.265 e. The van der Waals surface area contributed by atoms with Crippen LogP contribution in [0.15, 0.2) is 48.5 Å². The molecule has 6 nitrogen and oxygen atoms in total. The van der Waals surface area contributed by atoms with Crippen LogP contribution in [0.25, 0.3) is 0 Å². The van der Waals surface area contributed by atoms with E-state index in [2.05, 4.69) is 5.32 Å². The van der Waals surface area contributed by atoms with Gasteiger partial charge in [0, 0.05) is 6.61 Å². The van der Waals surface area contributed by atoms with E-state index in [0.29, 0.717) is 23.8 Å². The fourth-order valence-electron chi connectivity index (χ4n) is 2.80. The largest absolute Gasteiger partial charge is 0.497 e. The zero-order valence-electron chi connectivity index (χ0n) is 15.6.